The summed E-state index contributed by atoms with van der Waals surface area (Å²) in [5, 5.41) is 6.03. The molecule has 138 valence electrons. The van der Waals surface area contributed by atoms with Gasteiger partial charge in [-0.1, -0.05) is 35.5 Å². The molecule has 1 fully saturated rings. The van der Waals surface area contributed by atoms with Crippen molar-refractivity contribution < 1.29 is 14.1 Å². The van der Waals surface area contributed by atoms with Crippen LogP contribution < -0.4 is 5.32 Å². The number of benzene rings is 1. The summed E-state index contributed by atoms with van der Waals surface area (Å²) in [5.41, 5.74) is 1.99. The zero-order valence-corrected chi connectivity index (χ0v) is 15.1. The molecule has 0 bridgehead atoms. The van der Waals surface area contributed by atoms with E-state index in [0.29, 0.717) is 24.7 Å². The molecule has 3 rings (SSSR count). The minimum absolute atomic E-state index is 0.0617. The summed E-state index contributed by atoms with van der Waals surface area (Å²) < 4.78 is 4.88. The van der Waals surface area contributed by atoms with Crippen LogP contribution in [0.15, 0.2) is 40.9 Å². The van der Waals surface area contributed by atoms with E-state index in [0.717, 1.165) is 19.3 Å². The second-order valence-corrected chi connectivity index (χ2v) is 6.90. The van der Waals surface area contributed by atoms with Gasteiger partial charge in [-0.3, -0.25) is 10.1 Å². The number of piperidine rings is 1. The standard InChI is InChI=1S/C20H25N3O3/c1-15-14-18(26-22-15)19(24)21-20(25)23-12-10-17(11-13-23)9-5-8-16-6-3-2-4-7-16/h2-4,6-7,14,17H,5,8-13H2,1H3,(H,21,24,25). The van der Waals surface area contributed by atoms with Crippen molar-refractivity contribution >= 4 is 11.9 Å². The summed E-state index contributed by atoms with van der Waals surface area (Å²) in [6.45, 7) is 3.10. The smallest absolute Gasteiger partial charge is 0.324 e. The van der Waals surface area contributed by atoms with Gasteiger partial charge in [0, 0.05) is 19.2 Å². The third-order valence-electron chi connectivity index (χ3n) is 4.89. The molecule has 1 aliphatic rings. The Morgan fingerprint density at radius 3 is 2.62 bits per heavy atom. The molecule has 0 radical (unpaired) electrons. The second kappa shape index (κ2) is 8.65. The van der Waals surface area contributed by atoms with E-state index in [1.54, 1.807) is 11.8 Å². The normalized spacial score (nSPS) is 15.0. The molecule has 26 heavy (non-hydrogen) atoms. The lowest BCUT2D eigenvalue weighted by Gasteiger charge is -2.31. The van der Waals surface area contributed by atoms with Crippen LogP contribution in [-0.2, 0) is 6.42 Å². The molecule has 0 atom stereocenters. The molecule has 1 aromatic carbocycles. The van der Waals surface area contributed by atoms with Gasteiger partial charge in [0.15, 0.2) is 0 Å². The van der Waals surface area contributed by atoms with E-state index in [9.17, 15) is 9.59 Å². The summed E-state index contributed by atoms with van der Waals surface area (Å²) in [4.78, 5) is 25.9. The average Bonchev–Trinajstić information content (AvgIpc) is 3.10. The number of nitrogens with zero attached hydrogens (tertiary/aromatic N) is 2. The lowest BCUT2D eigenvalue weighted by molar-refractivity contribution is 0.0908. The molecular weight excluding hydrogens is 330 g/mol. The number of aromatic nitrogens is 1. The number of amides is 3. The molecule has 2 aromatic rings. The summed E-state index contributed by atoms with van der Waals surface area (Å²) >= 11 is 0. The molecule has 1 saturated heterocycles. The van der Waals surface area contributed by atoms with Gasteiger partial charge in [-0.25, -0.2) is 4.79 Å². The van der Waals surface area contributed by atoms with Gasteiger partial charge < -0.3 is 9.42 Å². The fraction of sp³-hybridized carbons (Fsp3) is 0.450. The van der Waals surface area contributed by atoms with Gasteiger partial charge in [-0.05, 0) is 50.5 Å². The Morgan fingerprint density at radius 1 is 1.23 bits per heavy atom. The summed E-state index contributed by atoms with van der Waals surface area (Å²) in [6, 6.07) is 11.7. The Kier molecular flexibility index (Phi) is 6.04. The van der Waals surface area contributed by atoms with Crippen molar-refractivity contribution in [2.24, 2.45) is 5.92 Å². The van der Waals surface area contributed by atoms with E-state index >= 15 is 0 Å². The Labute approximate surface area is 153 Å². The van der Waals surface area contributed by atoms with Crippen LogP contribution in [0.4, 0.5) is 4.79 Å². The van der Waals surface area contributed by atoms with Crippen molar-refractivity contribution in [3.05, 3.63) is 53.4 Å². The molecule has 2 heterocycles. The number of imide groups is 1. The highest BCUT2D eigenvalue weighted by molar-refractivity contribution is 6.02. The largest absolute Gasteiger partial charge is 0.351 e. The van der Waals surface area contributed by atoms with Gasteiger partial charge in [0.05, 0.1) is 5.69 Å². The zero-order valence-electron chi connectivity index (χ0n) is 15.1. The van der Waals surface area contributed by atoms with Crippen LogP contribution in [0.5, 0.6) is 0 Å². The maximum atomic E-state index is 12.2. The van der Waals surface area contributed by atoms with Gasteiger partial charge >= 0.3 is 6.03 Å². The summed E-state index contributed by atoms with van der Waals surface area (Å²) in [5.74, 6) is 0.169. The van der Waals surface area contributed by atoms with Crippen molar-refractivity contribution in [2.75, 3.05) is 13.1 Å². The molecule has 6 nitrogen and oxygen atoms in total. The topological polar surface area (TPSA) is 75.4 Å². The molecule has 3 amide bonds. The molecule has 0 spiro atoms. The van der Waals surface area contributed by atoms with Gasteiger partial charge in [-0.2, -0.15) is 0 Å². The monoisotopic (exact) mass is 355 g/mol. The Hall–Kier alpha value is -2.63. The first-order chi connectivity index (χ1) is 12.6. The predicted octanol–water partition coefficient (Wildman–Crippen LogP) is 3.57. The minimum Gasteiger partial charge on any atom is -0.351 e. The number of nitrogens with one attached hydrogen (secondary N) is 1. The lowest BCUT2D eigenvalue weighted by Crippen LogP contribution is -2.46. The van der Waals surface area contributed by atoms with Crippen molar-refractivity contribution in [1.29, 1.82) is 0 Å². The molecule has 0 unspecified atom stereocenters. The van der Waals surface area contributed by atoms with Gasteiger partial charge in [0.1, 0.15) is 0 Å². The van der Waals surface area contributed by atoms with E-state index in [2.05, 4.69) is 34.7 Å². The maximum Gasteiger partial charge on any atom is 0.324 e. The molecule has 0 saturated carbocycles. The first kappa shape index (κ1) is 18.2. The van der Waals surface area contributed by atoms with Crippen LogP contribution in [0, 0.1) is 12.8 Å². The number of rotatable bonds is 5. The number of hydrogen-bond acceptors (Lipinski definition) is 4. The highest BCUT2D eigenvalue weighted by Crippen LogP contribution is 2.23. The zero-order chi connectivity index (χ0) is 18.4. The third-order valence-corrected chi connectivity index (χ3v) is 4.89. The van der Waals surface area contributed by atoms with Crippen LogP contribution in [0.1, 0.15) is 47.5 Å². The predicted molar refractivity (Wildman–Crippen MR) is 97.8 cm³/mol. The third kappa shape index (κ3) is 4.94. The highest BCUT2D eigenvalue weighted by atomic mass is 16.5. The van der Waals surface area contributed by atoms with E-state index in [4.69, 9.17) is 4.52 Å². The highest BCUT2D eigenvalue weighted by Gasteiger charge is 2.24. The lowest BCUT2D eigenvalue weighted by atomic mass is 9.91. The SMILES string of the molecule is Cc1cc(C(=O)NC(=O)N2CCC(CCCc3ccccc3)CC2)on1. The first-order valence-electron chi connectivity index (χ1n) is 9.19. The maximum absolute atomic E-state index is 12.2. The van der Waals surface area contributed by atoms with Crippen LogP contribution >= 0.6 is 0 Å². The van der Waals surface area contributed by atoms with E-state index in [1.165, 1.54) is 24.5 Å². The number of likely N-dealkylation sites (tertiary alicyclic amines) is 1. The van der Waals surface area contributed by atoms with Gasteiger partial charge in [0.2, 0.25) is 5.76 Å². The number of carbonyl (C=O) groups is 2. The Balaban J connectivity index is 1.37. The number of carbonyl (C=O) groups excluding carboxylic acids is 2. The van der Waals surface area contributed by atoms with E-state index in [-0.39, 0.29) is 11.8 Å². The molecule has 1 N–H and O–H groups in total. The number of aryl methyl sites for hydroxylation is 2. The second-order valence-electron chi connectivity index (χ2n) is 6.90. The first-order valence-corrected chi connectivity index (χ1v) is 9.19. The van der Waals surface area contributed by atoms with Crippen LogP contribution in [0.3, 0.4) is 0 Å². The van der Waals surface area contributed by atoms with E-state index in [1.807, 2.05) is 6.07 Å². The van der Waals surface area contributed by atoms with Crippen LogP contribution in [0.2, 0.25) is 0 Å². The average molecular weight is 355 g/mol. The van der Waals surface area contributed by atoms with Gasteiger partial charge in [-0.15, -0.1) is 0 Å². The quantitative estimate of drug-likeness (QED) is 0.890. The van der Waals surface area contributed by atoms with Crippen molar-refractivity contribution in [2.45, 2.75) is 39.0 Å². The Morgan fingerprint density at radius 2 is 1.96 bits per heavy atom. The van der Waals surface area contributed by atoms with Crippen LogP contribution in [-0.4, -0.2) is 35.1 Å². The molecular formula is C20H25N3O3. The Bertz CT molecular complexity index is 734. The van der Waals surface area contributed by atoms with Gasteiger partial charge in [0.25, 0.3) is 5.91 Å². The minimum atomic E-state index is -0.541. The fourth-order valence-electron chi connectivity index (χ4n) is 3.37. The molecule has 6 heteroatoms. The summed E-state index contributed by atoms with van der Waals surface area (Å²) in [6.07, 6.45) is 5.42. The fourth-order valence-corrected chi connectivity index (χ4v) is 3.37. The van der Waals surface area contributed by atoms with Crippen molar-refractivity contribution in [1.82, 2.24) is 15.4 Å². The van der Waals surface area contributed by atoms with Crippen LogP contribution in [0.25, 0.3) is 0 Å². The summed E-state index contributed by atoms with van der Waals surface area (Å²) in [7, 11) is 0. The number of hydrogen-bond donors (Lipinski definition) is 1. The number of urea groups is 1. The van der Waals surface area contributed by atoms with E-state index < -0.39 is 5.91 Å². The molecule has 1 aliphatic heterocycles. The molecule has 1 aromatic heterocycles. The molecule has 0 aliphatic carbocycles. The van der Waals surface area contributed by atoms with Crippen molar-refractivity contribution in [3.8, 4) is 0 Å². The van der Waals surface area contributed by atoms with Crippen molar-refractivity contribution in [3.63, 3.8) is 0 Å².